The van der Waals surface area contributed by atoms with Gasteiger partial charge in [-0.05, 0) is 25.7 Å². The Hall–Kier alpha value is -1.85. The largest absolute Gasteiger partial charge is 0.336 e. The molecule has 0 atom stereocenters. The third-order valence-electron chi connectivity index (χ3n) is 4.48. The van der Waals surface area contributed by atoms with Gasteiger partial charge in [0.1, 0.15) is 11.3 Å². The zero-order chi connectivity index (χ0) is 15.7. The number of aryl methyl sites for hydroxylation is 2. The van der Waals surface area contributed by atoms with Crippen LogP contribution in [0.3, 0.4) is 0 Å². The monoisotopic (exact) mass is 304 g/mol. The molecule has 0 aromatic carbocycles. The van der Waals surface area contributed by atoms with E-state index in [9.17, 15) is 9.59 Å². The Morgan fingerprint density at radius 3 is 2.55 bits per heavy atom. The van der Waals surface area contributed by atoms with Gasteiger partial charge in [-0.3, -0.25) is 13.9 Å². The minimum absolute atomic E-state index is 0.0467. The van der Waals surface area contributed by atoms with Crippen molar-refractivity contribution in [2.75, 3.05) is 0 Å². The van der Waals surface area contributed by atoms with Crippen LogP contribution < -0.4 is 11.2 Å². The van der Waals surface area contributed by atoms with Crippen LogP contribution in [-0.4, -0.2) is 19.1 Å². The molecule has 0 unspecified atom stereocenters. The molecule has 0 aliphatic heterocycles. The zero-order valence-corrected chi connectivity index (χ0v) is 13.4. The van der Waals surface area contributed by atoms with Gasteiger partial charge in [0.15, 0.2) is 5.65 Å². The molecule has 2 heterocycles. The molecular formula is C16H24N4O2. The lowest BCUT2D eigenvalue weighted by Crippen LogP contribution is -2.41. The van der Waals surface area contributed by atoms with Gasteiger partial charge in [-0.15, -0.1) is 0 Å². The van der Waals surface area contributed by atoms with Gasteiger partial charge >= 0.3 is 5.69 Å². The molecule has 2 aromatic heterocycles. The molecule has 6 nitrogen and oxygen atoms in total. The zero-order valence-electron chi connectivity index (χ0n) is 13.4. The molecule has 2 aromatic rings. The lowest BCUT2D eigenvalue weighted by Gasteiger charge is -2.15. The van der Waals surface area contributed by atoms with Crippen LogP contribution in [0.15, 0.2) is 9.59 Å². The Labute approximate surface area is 129 Å². The second-order valence-corrected chi connectivity index (χ2v) is 6.18. The van der Waals surface area contributed by atoms with Gasteiger partial charge in [0, 0.05) is 19.0 Å². The SMILES string of the molecule is CCCc1nc2c([nH]1)c(=O)n(C1CCCC1)c(=O)n2CCC. The molecule has 0 saturated heterocycles. The van der Waals surface area contributed by atoms with E-state index in [0.29, 0.717) is 17.7 Å². The first-order valence-corrected chi connectivity index (χ1v) is 8.41. The summed E-state index contributed by atoms with van der Waals surface area (Å²) in [4.78, 5) is 33.3. The van der Waals surface area contributed by atoms with E-state index in [0.717, 1.165) is 50.8 Å². The van der Waals surface area contributed by atoms with E-state index in [1.165, 1.54) is 4.57 Å². The number of nitrogens with zero attached hydrogens (tertiary/aromatic N) is 3. The molecule has 22 heavy (non-hydrogen) atoms. The highest BCUT2D eigenvalue weighted by Crippen LogP contribution is 2.27. The van der Waals surface area contributed by atoms with Crippen LogP contribution in [-0.2, 0) is 13.0 Å². The van der Waals surface area contributed by atoms with Crippen molar-refractivity contribution in [2.24, 2.45) is 0 Å². The number of aromatic amines is 1. The standard InChI is InChI=1S/C16H24N4O2/c1-3-7-12-17-13-14(18-12)19(10-4-2)16(22)20(15(13)21)11-8-5-6-9-11/h11H,3-10H2,1-2H3,(H,17,18). The highest BCUT2D eigenvalue weighted by atomic mass is 16.2. The molecule has 1 aliphatic carbocycles. The molecule has 1 saturated carbocycles. The lowest BCUT2D eigenvalue weighted by atomic mass is 10.2. The quantitative estimate of drug-likeness (QED) is 0.921. The number of fused-ring (bicyclic) bond motifs is 1. The number of rotatable bonds is 5. The summed E-state index contributed by atoms with van der Waals surface area (Å²) in [7, 11) is 0. The molecule has 0 radical (unpaired) electrons. The lowest BCUT2D eigenvalue weighted by molar-refractivity contribution is 0.458. The van der Waals surface area contributed by atoms with Crippen LogP contribution in [0, 0.1) is 0 Å². The Kier molecular flexibility index (Phi) is 4.18. The van der Waals surface area contributed by atoms with Crippen molar-refractivity contribution in [3.8, 4) is 0 Å². The molecule has 0 bridgehead atoms. The van der Waals surface area contributed by atoms with Gasteiger partial charge in [-0.25, -0.2) is 9.78 Å². The molecule has 1 N–H and O–H groups in total. The highest BCUT2D eigenvalue weighted by molar-refractivity contribution is 5.69. The minimum Gasteiger partial charge on any atom is -0.336 e. The summed E-state index contributed by atoms with van der Waals surface area (Å²) in [5, 5.41) is 0. The predicted molar refractivity (Wildman–Crippen MR) is 86.4 cm³/mol. The maximum atomic E-state index is 12.8. The predicted octanol–water partition coefficient (Wildman–Crippen LogP) is 2.36. The van der Waals surface area contributed by atoms with E-state index in [1.54, 1.807) is 4.57 Å². The fourth-order valence-corrected chi connectivity index (χ4v) is 3.45. The van der Waals surface area contributed by atoms with Crippen LogP contribution in [0.5, 0.6) is 0 Å². The Balaban J connectivity index is 2.27. The van der Waals surface area contributed by atoms with Gasteiger partial charge in [0.2, 0.25) is 0 Å². The first kappa shape index (κ1) is 15.1. The second-order valence-electron chi connectivity index (χ2n) is 6.18. The van der Waals surface area contributed by atoms with E-state index >= 15 is 0 Å². The van der Waals surface area contributed by atoms with E-state index in [2.05, 4.69) is 16.9 Å². The van der Waals surface area contributed by atoms with Gasteiger partial charge in [0.25, 0.3) is 5.56 Å². The Morgan fingerprint density at radius 1 is 1.18 bits per heavy atom. The summed E-state index contributed by atoms with van der Waals surface area (Å²) in [5.74, 6) is 0.794. The topological polar surface area (TPSA) is 72.7 Å². The van der Waals surface area contributed by atoms with Gasteiger partial charge < -0.3 is 4.98 Å². The van der Waals surface area contributed by atoms with Crippen LogP contribution in [0.25, 0.3) is 11.2 Å². The molecular weight excluding hydrogens is 280 g/mol. The minimum atomic E-state index is -0.200. The van der Waals surface area contributed by atoms with Crippen molar-refractivity contribution in [3.63, 3.8) is 0 Å². The third kappa shape index (κ3) is 2.40. The summed E-state index contributed by atoms with van der Waals surface area (Å²) in [6.45, 7) is 4.70. The van der Waals surface area contributed by atoms with Gasteiger partial charge in [-0.2, -0.15) is 0 Å². The molecule has 1 aliphatic rings. The summed E-state index contributed by atoms with van der Waals surface area (Å²) >= 11 is 0. The van der Waals surface area contributed by atoms with E-state index in [4.69, 9.17) is 0 Å². The van der Waals surface area contributed by atoms with Crippen LogP contribution in [0.1, 0.15) is 64.2 Å². The van der Waals surface area contributed by atoms with E-state index < -0.39 is 0 Å². The van der Waals surface area contributed by atoms with Crippen molar-refractivity contribution in [1.82, 2.24) is 19.1 Å². The average molecular weight is 304 g/mol. The van der Waals surface area contributed by atoms with Crippen molar-refractivity contribution in [1.29, 1.82) is 0 Å². The van der Waals surface area contributed by atoms with Crippen LogP contribution >= 0.6 is 0 Å². The second kappa shape index (κ2) is 6.10. The first-order valence-electron chi connectivity index (χ1n) is 8.41. The third-order valence-corrected chi connectivity index (χ3v) is 4.48. The summed E-state index contributed by atoms with van der Waals surface area (Å²) < 4.78 is 3.14. The van der Waals surface area contributed by atoms with Gasteiger partial charge in [-0.1, -0.05) is 26.7 Å². The number of H-pyrrole nitrogens is 1. The van der Waals surface area contributed by atoms with Crippen molar-refractivity contribution in [2.45, 2.75) is 71.4 Å². The fourth-order valence-electron chi connectivity index (χ4n) is 3.45. The maximum absolute atomic E-state index is 12.8. The van der Waals surface area contributed by atoms with Crippen molar-refractivity contribution >= 4 is 11.2 Å². The fraction of sp³-hybridized carbons (Fsp3) is 0.688. The summed E-state index contributed by atoms with van der Waals surface area (Å²) in [5.41, 5.74) is 0.618. The number of nitrogens with one attached hydrogen (secondary N) is 1. The van der Waals surface area contributed by atoms with Crippen molar-refractivity contribution in [3.05, 3.63) is 26.7 Å². The Morgan fingerprint density at radius 2 is 1.91 bits per heavy atom. The average Bonchev–Trinajstić information content (AvgIpc) is 3.14. The first-order chi connectivity index (χ1) is 10.7. The molecule has 120 valence electrons. The van der Waals surface area contributed by atoms with E-state index in [-0.39, 0.29) is 17.3 Å². The smallest absolute Gasteiger partial charge is 0.332 e. The number of hydrogen-bond donors (Lipinski definition) is 1. The molecule has 0 amide bonds. The number of aromatic nitrogens is 4. The summed E-state index contributed by atoms with van der Waals surface area (Å²) in [6, 6.07) is 0.0467. The highest BCUT2D eigenvalue weighted by Gasteiger charge is 2.24. The van der Waals surface area contributed by atoms with Crippen molar-refractivity contribution < 1.29 is 0 Å². The van der Waals surface area contributed by atoms with E-state index in [1.807, 2.05) is 6.92 Å². The molecule has 0 spiro atoms. The number of hydrogen-bond acceptors (Lipinski definition) is 3. The molecule has 1 fully saturated rings. The van der Waals surface area contributed by atoms with Crippen LogP contribution in [0.4, 0.5) is 0 Å². The maximum Gasteiger partial charge on any atom is 0.332 e. The van der Waals surface area contributed by atoms with Crippen LogP contribution in [0.2, 0.25) is 0 Å². The number of imidazole rings is 1. The Bertz CT molecular complexity index is 778. The summed E-state index contributed by atoms with van der Waals surface area (Å²) in [6.07, 6.45) is 6.60. The molecule has 6 heteroatoms. The normalized spacial score (nSPS) is 15.9. The van der Waals surface area contributed by atoms with Gasteiger partial charge in [0.05, 0.1) is 0 Å². The molecule has 3 rings (SSSR count).